The molecule has 20 heavy (non-hydrogen) atoms. The molecule has 0 bridgehead atoms. The molecule has 0 saturated heterocycles. The zero-order chi connectivity index (χ0) is 14.5. The number of aromatic nitrogens is 1. The Hall–Kier alpha value is -1.49. The van der Waals surface area contributed by atoms with E-state index in [-0.39, 0.29) is 6.03 Å². The molecule has 2 rings (SSSR count). The number of carbonyl (C=O) groups is 1. The van der Waals surface area contributed by atoms with Crippen molar-refractivity contribution < 1.29 is 4.79 Å². The first kappa shape index (κ1) is 14.9. The van der Waals surface area contributed by atoms with Gasteiger partial charge in [-0.05, 0) is 51.4 Å². The first-order chi connectivity index (χ1) is 9.54. The van der Waals surface area contributed by atoms with Gasteiger partial charge in [0.05, 0.1) is 0 Å². The lowest BCUT2D eigenvalue weighted by Gasteiger charge is -2.33. The minimum atomic E-state index is -0.0572. The van der Waals surface area contributed by atoms with Gasteiger partial charge in [0.25, 0.3) is 0 Å². The van der Waals surface area contributed by atoms with E-state index in [4.69, 9.17) is 0 Å². The van der Waals surface area contributed by atoms with E-state index in [1.54, 1.807) is 0 Å². The van der Waals surface area contributed by atoms with Crippen LogP contribution >= 0.6 is 0 Å². The van der Waals surface area contributed by atoms with E-state index >= 15 is 0 Å². The lowest BCUT2D eigenvalue weighted by molar-refractivity contribution is 0.193. The van der Waals surface area contributed by atoms with Crippen LogP contribution in [-0.2, 0) is 13.6 Å². The van der Waals surface area contributed by atoms with E-state index in [1.807, 2.05) is 30.1 Å². The van der Waals surface area contributed by atoms with Crippen LogP contribution in [0.2, 0.25) is 0 Å². The molecule has 1 aliphatic rings. The summed E-state index contributed by atoms with van der Waals surface area (Å²) in [5, 5.41) is 6.02. The highest BCUT2D eigenvalue weighted by molar-refractivity contribution is 5.74. The van der Waals surface area contributed by atoms with Gasteiger partial charge in [-0.15, -0.1) is 0 Å². The van der Waals surface area contributed by atoms with E-state index in [1.165, 1.54) is 12.8 Å². The molecule has 0 spiro atoms. The highest BCUT2D eigenvalue weighted by Gasteiger charge is 2.24. The van der Waals surface area contributed by atoms with Crippen LogP contribution in [0, 0.1) is 0 Å². The molecule has 2 amide bonds. The Bertz CT molecular complexity index is 441. The molecule has 112 valence electrons. The van der Waals surface area contributed by atoms with Crippen molar-refractivity contribution in [1.82, 2.24) is 20.1 Å². The smallest absolute Gasteiger partial charge is 0.315 e. The third-order valence-corrected chi connectivity index (χ3v) is 4.06. The van der Waals surface area contributed by atoms with Crippen molar-refractivity contribution in [3.63, 3.8) is 0 Å². The number of nitrogens with one attached hydrogen (secondary N) is 2. The number of nitrogens with zero attached hydrogens (tertiary/aromatic N) is 2. The van der Waals surface area contributed by atoms with Crippen LogP contribution in [0.3, 0.4) is 0 Å². The van der Waals surface area contributed by atoms with Gasteiger partial charge in [0.2, 0.25) is 0 Å². The first-order valence-electron chi connectivity index (χ1n) is 7.36. The predicted octanol–water partition coefficient (Wildman–Crippen LogP) is 1.70. The third kappa shape index (κ3) is 4.27. The maximum Gasteiger partial charge on any atom is 0.315 e. The van der Waals surface area contributed by atoms with Crippen LogP contribution in [-0.4, -0.2) is 41.7 Å². The molecule has 1 saturated carbocycles. The zero-order valence-electron chi connectivity index (χ0n) is 12.7. The van der Waals surface area contributed by atoms with Gasteiger partial charge in [-0.2, -0.15) is 0 Å². The molecule has 2 atom stereocenters. The van der Waals surface area contributed by atoms with E-state index in [0.29, 0.717) is 18.6 Å². The molecular formula is C15H26N4O. The second-order valence-corrected chi connectivity index (χ2v) is 5.99. The largest absolute Gasteiger partial charge is 0.357 e. The Balaban J connectivity index is 1.73. The Morgan fingerprint density at radius 2 is 2.25 bits per heavy atom. The highest BCUT2D eigenvalue weighted by Crippen LogP contribution is 2.21. The lowest BCUT2D eigenvalue weighted by Crippen LogP contribution is -2.47. The van der Waals surface area contributed by atoms with Gasteiger partial charge >= 0.3 is 6.03 Å². The Labute approximate surface area is 121 Å². The number of carbonyl (C=O) groups excluding carboxylic acids is 1. The fourth-order valence-electron chi connectivity index (χ4n) is 2.85. The molecule has 0 aromatic carbocycles. The van der Waals surface area contributed by atoms with E-state index in [9.17, 15) is 4.79 Å². The average Bonchev–Trinajstić information content (AvgIpc) is 2.82. The summed E-state index contributed by atoms with van der Waals surface area (Å²) in [7, 11) is 6.21. The molecule has 1 aromatic heterocycles. The van der Waals surface area contributed by atoms with Gasteiger partial charge in [0, 0.05) is 38.1 Å². The highest BCUT2D eigenvalue weighted by atomic mass is 16.2. The van der Waals surface area contributed by atoms with Gasteiger partial charge in [-0.3, -0.25) is 0 Å². The summed E-state index contributed by atoms with van der Waals surface area (Å²) in [6.07, 6.45) is 8.55. The minimum Gasteiger partial charge on any atom is -0.357 e. The summed E-state index contributed by atoms with van der Waals surface area (Å²) in [5.74, 6) is 0. The molecule has 0 unspecified atom stereocenters. The van der Waals surface area contributed by atoms with Crippen molar-refractivity contribution in [2.24, 2.45) is 7.05 Å². The Kier molecular flexibility index (Phi) is 5.06. The molecule has 1 aliphatic carbocycles. The molecule has 0 aliphatic heterocycles. The Morgan fingerprint density at radius 1 is 1.45 bits per heavy atom. The van der Waals surface area contributed by atoms with E-state index in [0.717, 1.165) is 18.4 Å². The predicted molar refractivity (Wildman–Crippen MR) is 80.5 cm³/mol. The second kappa shape index (κ2) is 6.79. The SMILES string of the molecule is CN(C)[C@H]1CCC[C@@H](NC(=O)NCc2ccn(C)c2)C1. The number of hydrogen-bond donors (Lipinski definition) is 2. The van der Waals surface area contributed by atoms with Crippen molar-refractivity contribution >= 4 is 6.03 Å². The van der Waals surface area contributed by atoms with Crippen LogP contribution in [0.15, 0.2) is 18.5 Å². The van der Waals surface area contributed by atoms with Crippen LogP contribution < -0.4 is 10.6 Å². The average molecular weight is 278 g/mol. The number of urea groups is 1. The topological polar surface area (TPSA) is 49.3 Å². The quantitative estimate of drug-likeness (QED) is 0.880. The number of rotatable bonds is 4. The lowest BCUT2D eigenvalue weighted by atomic mass is 9.90. The normalized spacial score (nSPS) is 22.8. The van der Waals surface area contributed by atoms with Gasteiger partial charge < -0.3 is 20.1 Å². The molecule has 0 radical (unpaired) electrons. The molecule has 5 heteroatoms. The standard InChI is InChI=1S/C15H26N4O/c1-18(2)14-6-4-5-13(9-14)17-15(20)16-10-12-7-8-19(3)11-12/h7-8,11,13-14H,4-6,9-10H2,1-3H3,(H2,16,17,20)/t13-,14+/m1/s1. The zero-order valence-corrected chi connectivity index (χ0v) is 12.7. The molecule has 1 aromatic rings. The molecule has 2 N–H and O–H groups in total. The monoisotopic (exact) mass is 278 g/mol. The fraction of sp³-hybridized carbons (Fsp3) is 0.667. The fourth-order valence-corrected chi connectivity index (χ4v) is 2.85. The van der Waals surface area contributed by atoms with Gasteiger partial charge in [-0.25, -0.2) is 4.79 Å². The van der Waals surface area contributed by atoms with Gasteiger partial charge in [-0.1, -0.05) is 0 Å². The summed E-state index contributed by atoms with van der Waals surface area (Å²) in [4.78, 5) is 14.2. The van der Waals surface area contributed by atoms with E-state index < -0.39 is 0 Å². The molecule has 1 fully saturated rings. The molecular weight excluding hydrogens is 252 g/mol. The number of hydrogen-bond acceptors (Lipinski definition) is 2. The first-order valence-corrected chi connectivity index (χ1v) is 7.36. The van der Waals surface area contributed by atoms with Gasteiger partial charge in [0.15, 0.2) is 0 Å². The summed E-state index contributed by atoms with van der Waals surface area (Å²) in [5.41, 5.74) is 1.12. The summed E-state index contributed by atoms with van der Waals surface area (Å²) in [6, 6.07) is 2.84. The number of amides is 2. The maximum atomic E-state index is 11.9. The molecule has 1 heterocycles. The van der Waals surface area contributed by atoms with Crippen LogP contribution in [0.5, 0.6) is 0 Å². The Morgan fingerprint density at radius 3 is 2.90 bits per heavy atom. The van der Waals surface area contributed by atoms with Gasteiger partial charge in [0.1, 0.15) is 0 Å². The molecule has 5 nitrogen and oxygen atoms in total. The van der Waals surface area contributed by atoms with Crippen molar-refractivity contribution in [2.75, 3.05) is 14.1 Å². The maximum absolute atomic E-state index is 11.9. The van der Waals surface area contributed by atoms with Crippen LogP contribution in [0.25, 0.3) is 0 Å². The minimum absolute atomic E-state index is 0.0572. The van der Waals surface area contributed by atoms with Crippen LogP contribution in [0.4, 0.5) is 4.79 Å². The van der Waals surface area contributed by atoms with Crippen LogP contribution in [0.1, 0.15) is 31.2 Å². The summed E-state index contributed by atoms with van der Waals surface area (Å²) >= 11 is 0. The number of aryl methyl sites for hydroxylation is 1. The third-order valence-electron chi connectivity index (χ3n) is 4.06. The van der Waals surface area contributed by atoms with Crippen molar-refractivity contribution in [3.05, 3.63) is 24.0 Å². The summed E-state index contributed by atoms with van der Waals surface area (Å²) in [6.45, 7) is 0.580. The second-order valence-electron chi connectivity index (χ2n) is 5.99. The van der Waals surface area contributed by atoms with Crippen molar-refractivity contribution in [3.8, 4) is 0 Å². The van der Waals surface area contributed by atoms with Crippen molar-refractivity contribution in [2.45, 2.75) is 44.3 Å². The summed E-state index contributed by atoms with van der Waals surface area (Å²) < 4.78 is 1.98. The van der Waals surface area contributed by atoms with Crippen molar-refractivity contribution in [1.29, 1.82) is 0 Å². The van der Waals surface area contributed by atoms with E-state index in [2.05, 4.69) is 29.6 Å².